The summed E-state index contributed by atoms with van der Waals surface area (Å²) < 4.78 is 0. The molecule has 0 bridgehead atoms. The second-order valence-electron chi connectivity index (χ2n) is 8.56. The van der Waals surface area contributed by atoms with Gasteiger partial charge in [0.15, 0.2) is 0 Å². The predicted octanol–water partition coefficient (Wildman–Crippen LogP) is 4.21. The number of likely N-dealkylation sites (tertiary alicyclic amines) is 1. The van der Waals surface area contributed by atoms with Crippen LogP contribution in [0.2, 0.25) is 0 Å². The van der Waals surface area contributed by atoms with Crippen LogP contribution >= 0.6 is 0 Å². The van der Waals surface area contributed by atoms with Crippen molar-refractivity contribution in [1.82, 2.24) is 10.2 Å². The number of anilines is 1. The van der Waals surface area contributed by atoms with Crippen molar-refractivity contribution < 1.29 is 14.4 Å². The van der Waals surface area contributed by atoms with Crippen molar-refractivity contribution in [2.75, 3.05) is 18.4 Å². The Bertz CT molecular complexity index is 1150. The van der Waals surface area contributed by atoms with Crippen LogP contribution in [0.5, 0.6) is 0 Å². The van der Waals surface area contributed by atoms with Gasteiger partial charge in [-0.25, -0.2) is 0 Å². The van der Waals surface area contributed by atoms with Crippen LogP contribution in [-0.2, 0) is 16.0 Å². The van der Waals surface area contributed by atoms with Crippen LogP contribution in [0.3, 0.4) is 0 Å². The molecule has 174 valence electrons. The third-order valence-electron chi connectivity index (χ3n) is 6.25. The van der Waals surface area contributed by atoms with Crippen molar-refractivity contribution in [3.05, 3.63) is 102 Å². The number of hydrogen-bond donors (Lipinski definition) is 2. The first-order chi connectivity index (χ1) is 16.5. The number of rotatable bonds is 8. The molecule has 1 aliphatic heterocycles. The lowest BCUT2D eigenvalue weighted by atomic mass is 10.1. The molecule has 0 aliphatic carbocycles. The maximum absolute atomic E-state index is 13.0. The van der Waals surface area contributed by atoms with Gasteiger partial charge in [0.2, 0.25) is 11.8 Å². The molecule has 3 aromatic carbocycles. The highest BCUT2D eigenvalue weighted by molar-refractivity contribution is 6.05. The maximum atomic E-state index is 13.0. The summed E-state index contributed by atoms with van der Waals surface area (Å²) in [5.41, 5.74) is 3.04. The van der Waals surface area contributed by atoms with Gasteiger partial charge in [-0.1, -0.05) is 72.8 Å². The highest BCUT2D eigenvalue weighted by Crippen LogP contribution is 2.29. The minimum absolute atomic E-state index is 0.0385. The van der Waals surface area contributed by atoms with Crippen molar-refractivity contribution in [3.8, 4) is 0 Å². The highest BCUT2D eigenvalue weighted by atomic mass is 16.2. The molecule has 6 nitrogen and oxygen atoms in total. The average molecular weight is 456 g/mol. The van der Waals surface area contributed by atoms with E-state index in [9.17, 15) is 14.4 Å². The molecule has 1 heterocycles. The second-order valence-corrected chi connectivity index (χ2v) is 8.56. The molecule has 2 atom stereocenters. The summed E-state index contributed by atoms with van der Waals surface area (Å²) in [5, 5.41) is 5.81. The Morgan fingerprint density at radius 3 is 2.32 bits per heavy atom. The molecular formula is C28H29N3O3. The van der Waals surface area contributed by atoms with E-state index < -0.39 is 5.92 Å². The van der Waals surface area contributed by atoms with Crippen LogP contribution in [0.1, 0.15) is 40.9 Å². The molecule has 0 saturated carbocycles. The molecule has 3 amide bonds. The minimum atomic E-state index is -0.465. The smallest absolute Gasteiger partial charge is 0.253 e. The Balaban J connectivity index is 1.37. The number of carbonyl (C=O) groups is 3. The zero-order valence-electron chi connectivity index (χ0n) is 19.2. The van der Waals surface area contributed by atoms with Gasteiger partial charge in [-0.05, 0) is 36.6 Å². The first-order valence-corrected chi connectivity index (χ1v) is 11.6. The van der Waals surface area contributed by atoms with Crippen LogP contribution in [0.15, 0.2) is 84.9 Å². The summed E-state index contributed by atoms with van der Waals surface area (Å²) in [5.74, 6) is -0.995. The predicted molar refractivity (Wildman–Crippen MR) is 132 cm³/mol. The van der Waals surface area contributed by atoms with Gasteiger partial charge in [-0.15, -0.1) is 0 Å². The van der Waals surface area contributed by atoms with E-state index in [-0.39, 0.29) is 30.2 Å². The summed E-state index contributed by atoms with van der Waals surface area (Å²) in [6, 6.07) is 26.6. The lowest BCUT2D eigenvalue weighted by molar-refractivity contribution is -0.129. The van der Waals surface area contributed by atoms with Gasteiger partial charge >= 0.3 is 0 Å². The molecule has 0 radical (unpaired) electrons. The van der Waals surface area contributed by atoms with Crippen LogP contribution in [0.4, 0.5) is 5.69 Å². The normalized spacial score (nSPS) is 16.2. The van der Waals surface area contributed by atoms with Gasteiger partial charge in [0.05, 0.1) is 23.2 Å². The van der Waals surface area contributed by atoms with Crippen molar-refractivity contribution in [3.63, 3.8) is 0 Å². The topological polar surface area (TPSA) is 78.5 Å². The van der Waals surface area contributed by atoms with Crippen LogP contribution in [0, 0.1) is 5.92 Å². The zero-order valence-corrected chi connectivity index (χ0v) is 19.2. The molecule has 6 heteroatoms. The molecule has 0 aromatic heterocycles. The molecule has 0 spiro atoms. The van der Waals surface area contributed by atoms with Crippen molar-refractivity contribution >= 4 is 23.4 Å². The van der Waals surface area contributed by atoms with Gasteiger partial charge in [0.1, 0.15) is 0 Å². The highest BCUT2D eigenvalue weighted by Gasteiger charge is 2.37. The van der Waals surface area contributed by atoms with E-state index in [0.29, 0.717) is 24.3 Å². The monoisotopic (exact) mass is 455 g/mol. The number of amides is 3. The fourth-order valence-electron chi connectivity index (χ4n) is 4.28. The molecule has 1 fully saturated rings. The van der Waals surface area contributed by atoms with Crippen LogP contribution in [0.25, 0.3) is 0 Å². The van der Waals surface area contributed by atoms with Crippen LogP contribution in [-0.4, -0.2) is 35.7 Å². The van der Waals surface area contributed by atoms with E-state index in [0.717, 1.165) is 17.5 Å². The molecule has 3 aromatic rings. The van der Waals surface area contributed by atoms with Crippen LogP contribution < -0.4 is 10.6 Å². The summed E-state index contributed by atoms with van der Waals surface area (Å²) in [7, 11) is 0. The Hall–Kier alpha value is -3.93. The van der Waals surface area contributed by atoms with Gasteiger partial charge in [-0.3, -0.25) is 14.4 Å². The van der Waals surface area contributed by atoms with E-state index in [2.05, 4.69) is 10.6 Å². The van der Waals surface area contributed by atoms with Gasteiger partial charge in [0, 0.05) is 19.5 Å². The lowest BCUT2D eigenvalue weighted by Crippen LogP contribution is -2.31. The Labute approximate surface area is 200 Å². The lowest BCUT2D eigenvalue weighted by Gasteiger charge is -2.25. The summed E-state index contributed by atoms with van der Waals surface area (Å²) in [6.45, 7) is 2.82. The first kappa shape index (κ1) is 23.2. The number of carbonyl (C=O) groups excluding carboxylic acids is 3. The standard InChI is InChI=1S/C28H29N3O3/c1-20(22-12-6-3-7-13-22)31-19-23(18-26(31)32)27(33)30-25-15-9-8-14-24(25)28(34)29-17-16-21-10-4-2-5-11-21/h2-15,20,23H,16-19H2,1H3,(H,29,34)(H,30,33)/t20-,23+/m0/s1. The largest absolute Gasteiger partial charge is 0.352 e. The maximum Gasteiger partial charge on any atom is 0.253 e. The Morgan fingerprint density at radius 2 is 1.59 bits per heavy atom. The fraction of sp³-hybridized carbons (Fsp3) is 0.250. The number of nitrogens with zero attached hydrogens (tertiary/aromatic N) is 1. The SMILES string of the molecule is C[C@@H](c1ccccc1)N1C[C@H](C(=O)Nc2ccccc2C(=O)NCCc2ccccc2)CC1=O. The van der Waals surface area contributed by atoms with Crippen molar-refractivity contribution in [2.24, 2.45) is 5.92 Å². The molecular weight excluding hydrogens is 426 g/mol. The molecule has 4 rings (SSSR count). The molecule has 1 aliphatic rings. The van der Waals surface area contributed by atoms with E-state index >= 15 is 0 Å². The number of hydrogen-bond acceptors (Lipinski definition) is 3. The average Bonchev–Trinajstić information content (AvgIpc) is 3.26. The molecule has 2 N–H and O–H groups in total. The second kappa shape index (κ2) is 10.8. The Kier molecular flexibility index (Phi) is 7.38. The summed E-state index contributed by atoms with van der Waals surface area (Å²) in [6.07, 6.45) is 0.884. The number of benzene rings is 3. The molecule has 34 heavy (non-hydrogen) atoms. The van der Waals surface area contributed by atoms with E-state index in [1.54, 1.807) is 29.2 Å². The Morgan fingerprint density at radius 1 is 0.941 bits per heavy atom. The molecule has 0 unspecified atom stereocenters. The summed E-state index contributed by atoms with van der Waals surface area (Å²) >= 11 is 0. The van der Waals surface area contributed by atoms with Crippen molar-refractivity contribution in [1.29, 1.82) is 0 Å². The first-order valence-electron chi connectivity index (χ1n) is 11.6. The number of nitrogens with one attached hydrogen (secondary N) is 2. The van der Waals surface area contributed by atoms with E-state index in [1.165, 1.54) is 0 Å². The van der Waals surface area contributed by atoms with E-state index in [4.69, 9.17) is 0 Å². The van der Waals surface area contributed by atoms with Gasteiger partial charge in [-0.2, -0.15) is 0 Å². The third kappa shape index (κ3) is 5.52. The van der Waals surface area contributed by atoms with Crippen molar-refractivity contribution in [2.45, 2.75) is 25.8 Å². The number of para-hydroxylation sites is 1. The molecule has 1 saturated heterocycles. The van der Waals surface area contributed by atoms with E-state index in [1.807, 2.05) is 67.6 Å². The summed E-state index contributed by atoms with van der Waals surface area (Å²) in [4.78, 5) is 40.2. The fourth-order valence-corrected chi connectivity index (χ4v) is 4.28. The quantitative estimate of drug-likeness (QED) is 0.534. The van der Waals surface area contributed by atoms with Gasteiger partial charge in [0.25, 0.3) is 5.91 Å². The zero-order chi connectivity index (χ0) is 23.9. The third-order valence-corrected chi connectivity index (χ3v) is 6.25. The van der Waals surface area contributed by atoms with Gasteiger partial charge < -0.3 is 15.5 Å². The minimum Gasteiger partial charge on any atom is -0.352 e.